The van der Waals surface area contributed by atoms with Crippen LogP contribution in [0.2, 0.25) is 0 Å². The van der Waals surface area contributed by atoms with Gasteiger partial charge in [0, 0.05) is 25.0 Å². The number of rotatable bonds is 6. The smallest absolute Gasteiger partial charge is 0.236 e. The average molecular weight is 403 g/mol. The first-order valence-electron chi connectivity index (χ1n) is 10.5. The zero-order valence-corrected chi connectivity index (χ0v) is 18.9. The number of nitrogens with zero attached hydrogens (tertiary/aromatic N) is 2. The molecule has 2 atom stereocenters. The highest BCUT2D eigenvalue weighted by atomic mass is 32.2. The van der Waals surface area contributed by atoms with Gasteiger partial charge >= 0.3 is 0 Å². The Bertz CT molecular complexity index is 719. The molecule has 2 fully saturated rings. The molecule has 1 heterocycles. The SMILES string of the molecule is CC(C)N(CCN1C(=O)[C@H](C)S[C@@H]1c1ccc(C(C)(C)C)cc1)C(=O)C1CC1. The number of amides is 2. The zero-order chi connectivity index (χ0) is 20.6. The Morgan fingerprint density at radius 1 is 1.21 bits per heavy atom. The fourth-order valence-corrected chi connectivity index (χ4v) is 5.02. The summed E-state index contributed by atoms with van der Waals surface area (Å²) < 4.78 is 0. The summed E-state index contributed by atoms with van der Waals surface area (Å²) in [5.41, 5.74) is 2.58. The van der Waals surface area contributed by atoms with Crippen molar-refractivity contribution in [3.05, 3.63) is 35.4 Å². The first kappa shape index (κ1) is 21.2. The van der Waals surface area contributed by atoms with E-state index < -0.39 is 0 Å². The van der Waals surface area contributed by atoms with E-state index in [-0.39, 0.29) is 39.8 Å². The second-order valence-corrected chi connectivity index (χ2v) is 10.9. The first-order valence-corrected chi connectivity index (χ1v) is 11.4. The lowest BCUT2D eigenvalue weighted by Gasteiger charge is -2.31. The van der Waals surface area contributed by atoms with Crippen molar-refractivity contribution < 1.29 is 9.59 Å². The van der Waals surface area contributed by atoms with Gasteiger partial charge in [-0.15, -0.1) is 11.8 Å². The maximum absolute atomic E-state index is 12.8. The predicted molar refractivity (Wildman–Crippen MR) is 116 cm³/mol. The van der Waals surface area contributed by atoms with Crippen molar-refractivity contribution >= 4 is 23.6 Å². The van der Waals surface area contributed by atoms with E-state index in [4.69, 9.17) is 0 Å². The Labute approximate surface area is 174 Å². The van der Waals surface area contributed by atoms with Crippen molar-refractivity contribution in [2.45, 2.75) is 76.5 Å². The highest BCUT2D eigenvalue weighted by Crippen LogP contribution is 2.43. The van der Waals surface area contributed by atoms with Crippen LogP contribution >= 0.6 is 11.8 Å². The van der Waals surface area contributed by atoms with Gasteiger partial charge in [0.1, 0.15) is 5.37 Å². The van der Waals surface area contributed by atoms with Crippen LogP contribution in [0.5, 0.6) is 0 Å². The maximum Gasteiger partial charge on any atom is 0.236 e. The molecule has 0 unspecified atom stereocenters. The molecule has 0 radical (unpaired) electrons. The largest absolute Gasteiger partial charge is 0.338 e. The van der Waals surface area contributed by atoms with Crippen molar-refractivity contribution in [2.75, 3.05) is 13.1 Å². The third-order valence-corrected chi connectivity index (χ3v) is 7.12. The lowest BCUT2D eigenvalue weighted by molar-refractivity contribution is -0.136. The second-order valence-electron chi connectivity index (χ2n) is 9.43. The van der Waals surface area contributed by atoms with Crippen LogP contribution in [0.1, 0.15) is 70.9 Å². The first-order chi connectivity index (χ1) is 13.1. The molecule has 2 amide bonds. The van der Waals surface area contributed by atoms with Crippen molar-refractivity contribution in [1.82, 2.24) is 9.80 Å². The molecule has 1 aliphatic carbocycles. The Morgan fingerprint density at radius 2 is 1.82 bits per heavy atom. The summed E-state index contributed by atoms with van der Waals surface area (Å²) >= 11 is 1.71. The Hall–Kier alpha value is -1.49. The van der Waals surface area contributed by atoms with E-state index in [1.54, 1.807) is 11.8 Å². The molecule has 3 rings (SSSR count). The minimum Gasteiger partial charge on any atom is -0.338 e. The van der Waals surface area contributed by atoms with Gasteiger partial charge in [-0.2, -0.15) is 0 Å². The molecular weight excluding hydrogens is 368 g/mol. The molecule has 5 heteroatoms. The van der Waals surface area contributed by atoms with E-state index in [0.29, 0.717) is 13.1 Å². The van der Waals surface area contributed by atoms with Crippen LogP contribution in [-0.4, -0.2) is 46.0 Å². The molecule has 1 saturated carbocycles. The number of hydrogen-bond donors (Lipinski definition) is 0. The average Bonchev–Trinajstić information content (AvgIpc) is 3.43. The van der Waals surface area contributed by atoms with Gasteiger partial charge in [0.15, 0.2) is 0 Å². The van der Waals surface area contributed by atoms with E-state index in [2.05, 4.69) is 58.9 Å². The fraction of sp³-hybridized carbons (Fsp3) is 0.652. The molecular formula is C23H34N2O2S. The van der Waals surface area contributed by atoms with Gasteiger partial charge in [0.25, 0.3) is 0 Å². The highest BCUT2D eigenvalue weighted by Gasteiger charge is 2.40. The van der Waals surface area contributed by atoms with Crippen LogP contribution in [0.15, 0.2) is 24.3 Å². The Balaban J connectivity index is 1.74. The number of hydrogen-bond acceptors (Lipinski definition) is 3. The van der Waals surface area contributed by atoms with Crippen LogP contribution in [0.3, 0.4) is 0 Å². The molecule has 154 valence electrons. The molecule has 28 heavy (non-hydrogen) atoms. The van der Waals surface area contributed by atoms with Gasteiger partial charge < -0.3 is 9.80 Å². The molecule has 0 spiro atoms. The zero-order valence-electron chi connectivity index (χ0n) is 18.1. The Kier molecular flexibility index (Phi) is 6.14. The predicted octanol–water partition coefficient (Wildman–Crippen LogP) is 4.59. The van der Waals surface area contributed by atoms with E-state index in [1.165, 1.54) is 11.1 Å². The van der Waals surface area contributed by atoms with E-state index in [9.17, 15) is 9.59 Å². The lowest BCUT2D eigenvalue weighted by Crippen LogP contribution is -2.44. The van der Waals surface area contributed by atoms with E-state index >= 15 is 0 Å². The monoisotopic (exact) mass is 402 g/mol. The van der Waals surface area contributed by atoms with Crippen molar-refractivity contribution in [3.8, 4) is 0 Å². The second kappa shape index (κ2) is 8.10. The summed E-state index contributed by atoms with van der Waals surface area (Å²) in [6.45, 7) is 13.9. The fourth-order valence-electron chi connectivity index (χ4n) is 3.71. The van der Waals surface area contributed by atoms with Crippen LogP contribution < -0.4 is 0 Å². The van der Waals surface area contributed by atoms with Crippen LogP contribution in [-0.2, 0) is 15.0 Å². The molecule has 1 aromatic carbocycles. The quantitative estimate of drug-likeness (QED) is 0.698. The molecule has 0 bridgehead atoms. The van der Waals surface area contributed by atoms with Gasteiger partial charge in [-0.1, -0.05) is 45.0 Å². The third kappa shape index (κ3) is 4.56. The highest BCUT2D eigenvalue weighted by molar-refractivity contribution is 8.01. The van der Waals surface area contributed by atoms with Gasteiger partial charge in [-0.3, -0.25) is 9.59 Å². The summed E-state index contributed by atoms with van der Waals surface area (Å²) in [7, 11) is 0. The van der Waals surface area contributed by atoms with Crippen molar-refractivity contribution in [3.63, 3.8) is 0 Å². The van der Waals surface area contributed by atoms with E-state index in [1.807, 2.05) is 16.7 Å². The molecule has 1 saturated heterocycles. The van der Waals surface area contributed by atoms with Crippen molar-refractivity contribution in [1.29, 1.82) is 0 Å². The summed E-state index contributed by atoms with van der Waals surface area (Å²) in [5, 5.41) is -0.0134. The molecule has 1 aliphatic heterocycles. The maximum atomic E-state index is 12.8. The van der Waals surface area contributed by atoms with Crippen LogP contribution in [0.4, 0.5) is 0 Å². The van der Waals surface area contributed by atoms with Crippen LogP contribution in [0, 0.1) is 5.92 Å². The minimum atomic E-state index is -0.0427. The van der Waals surface area contributed by atoms with E-state index in [0.717, 1.165) is 12.8 Å². The lowest BCUT2D eigenvalue weighted by atomic mass is 9.86. The molecule has 0 N–H and O–H groups in total. The van der Waals surface area contributed by atoms with Gasteiger partial charge in [-0.25, -0.2) is 0 Å². The third-order valence-electron chi connectivity index (χ3n) is 5.72. The van der Waals surface area contributed by atoms with Gasteiger partial charge in [0.05, 0.1) is 5.25 Å². The number of thioether (sulfide) groups is 1. The Morgan fingerprint density at radius 3 is 2.32 bits per heavy atom. The molecule has 2 aliphatic rings. The molecule has 0 aromatic heterocycles. The molecule has 4 nitrogen and oxygen atoms in total. The van der Waals surface area contributed by atoms with Gasteiger partial charge in [0.2, 0.25) is 11.8 Å². The normalized spacial score (nSPS) is 22.8. The minimum absolute atomic E-state index is 0.0292. The van der Waals surface area contributed by atoms with Crippen molar-refractivity contribution in [2.24, 2.45) is 5.92 Å². The summed E-state index contributed by atoms with van der Waals surface area (Å²) in [5.74, 6) is 0.650. The number of carbonyl (C=O) groups is 2. The number of carbonyl (C=O) groups excluding carboxylic acids is 2. The van der Waals surface area contributed by atoms with Crippen LogP contribution in [0.25, 0.3) is 0 Å². The summed E-state index contributed by atoms with van der Waals surface area (Å²) in [6.07, 6.45) is 2.03. The summed E-state index contributed by atoms with van der Waals surface area (Å²) in [4.78, 5) is 29.3. The number of benzene rings is 1. The topological polar surface area (TPSA) is 40.6 Å². The standard InChI is InChI=1S/C23H34N2O2S/c1-15(2)24(21(27)17-7-8-17)13-14-25-20(26)16(3)28-22(25)18-9-11-19(12-10-18)23(4,5)6/h9-12,15-17,22H,7-8,13-14H2,1-6H3/t16-,22+/m0/s1. The molecule has 1 aromatic rings. The summed E-state index contributed by atoms with van der Waals surface area (Å²) in [6, 6.07) is 8.84. The van der Waals surface area contributed by atoms with Gasteiger partial charge in [-0.05, 0) is 50.2 Å².